The molecule has 0 saturated carbocycles. The van der Waals surface area contributed by atoms with Gasteiger partial charge in [-0.1, -0.05) is 35.5 Å². The van der Waals surface area contributed by atoms with Gasteiger partial charge in [0.2, 0.25) is 12.2 Å². The van der Waals surface area contributed by atoms with Gasteiger partial charge >= 0.3 is 0 Å². The first-order valence-corrected chi connectivity index (χ1v) is 5.98. The minimum atomic E-state index is 0. The molecule has 3 rings (SSSR count). The smallest absolute Gasteiger partial charge is 0.246 e. The highest BCUT2D eigenvalue weighted by atomic mass is 127. The van der Waals surface area contributed by atoms with Crippen LogP contribution in [0.15, 0.2) is 30.3 Å². The van der Waals surface area contributed by atoms with Crippen LogP contribution in [0.2, 0.25) is 0 Å². The number of fused-ring (bicyclic) bond motifs is 1. The zero-order valence-corrected chi connectivity index (χ0v) is 13.1. The second kappa shape index (κ2) is 5.68. The second-order valence-electron chi connectivity index (χ2n) is 4.64. The summed E-state index contributed by atoms with van der Waals surface area (Å²) in [6.07, 6.45) is 2.06. The Balaban J connectivity index is 0.00000133. The van der Waals surface area contributed by atoms with Gasteiger partial charge in [0.15, 0.2) is 5.69 Å². The summed E-state index contributed by atoms with van der Waals surface area (Å²) in [6, 6.07) is 10.3. The third-order valence-corrected chi connectivity index (χ3v) is 3.05. The third kappa shape index (κ3) is 2.78. The fourth-order valence-electron chi connectivity index (χ4n) is 2.32. The normalized spacial score (nSPS) is 13.6. The van der Waals surface area contributed by atoms with Crippen LogP contribution in [0, 0.1) is 0 Å². The zero-order chi connectivity index (χ0) is 12.5. The van der Waals surface area contributed by atoms with Gasteiger partial charge < -0.3 is 24.0 Å². The van der Waals surface area contributed by atoms with Gasteiger partial charge in [0, 0.05) is 0 Å². The van der Waals surface area contributed by atoms with E-state index in [0.717, 1.165) is 24.6 Å². The number of halogens is 1. The summed E-state index contributed by atoms with van der Waals surface area (Å²) in [5.41, 5.74) is 2.26. The van der Waals surface area contributed by atoms with Gasteiger partial charge in [-0.3, -0.25) is 4.58 Å². The van der Waals surface area contributed by atoms with Crippen molar-refractivity contribution in [3.05, 3.63) is 41.6 Å². The van der Waals surface area contributed by atoms with Crippen LogP contribution < -0.4 is 28.9 Å². The lowest BCUT2D eigenvalue weighted by Gasteiger charge is -2.15. The number of aromatic nitrogens is 3. The molecule has 0 radical (unpaired) electrons. The summed E-state index contributed by atoms with van der Waals surface area (Å²) >= 11 is 0. The van der Waals surface area contributed by atoms with E-state index >= 15 is 0 Å². The lowest BCUT2D eigenvalue weighted by molar-refractivity contribution is -0.512. The molecule has 0 fully saturated rings. The molecule has 0 amide bonds. The SMILES string of the molecule is CN1C=[N+](C)Cc2nnn(Cc3ccccc3)c21.[I-]. The monoisotopic (exact) mass is 369 g/mol. The molecule has 1 aromatic carbocycles. The Kier molecular flexibility index (Phi) is 4.18. The molecule has 19 heavy (non-hydrogen) atoms. The largest absolute Gasteiger partial charge is 1.00 e. The highest BCUT2D eigenvalue weighted by Gasteiger charge is 2.26. The summed E-state index contributed by atoms with van der Waals surface area (Å²) in [6.45, 7) is 1.57. The molecule has 0 saturated heterocycles. The highest BCUT2D eigenvalue weighted by Crippen LogP contribution is 2.20. The number of hydrogen-bond donors (Lipinski definition) is 0. The Hall–Kier alpha value is -1.44. The van der Waals surface area contributed by atoms with Gasteiger partial charge in [-0.15, -0.1) is 5.10 Å². The third-order valence-electron chi connectivity index (χ3n) is 3.05. The molecule has 1 aromatic heterocycles. The second-order valence-corrected chi connectivity index (χ2v) is 4.64. The van der Waals surface area contributed by atoms with Crippen molar-refractivity contribution in [1.29, 1.82) is 0 Å². The molecule has 6 heteroatoms. The maximum Gasteiger partial charge on any atom is 0.246 e. The Bertz CT molecular complexity index is 590. The van der Waals surface area contributed by atoms with E-state index in [1.54, 1.807) is 0 Å². The fraction of sp³-hybridized carbons (Fsp3) is 0.308. The molecule has 0 unspecified atom stereocenters. The van der Waals surface area contributed by atoms with Crippen LogP contribution in [0.3, 0.4) is 0 Å². The lowest BCUT2D eigenvalue weighted by Crippen LogP contribution is -3.00. The zero-order valence-electron chi connectivity index (χ0n) is 11.0. The molecule has 2 heterocycles. The predicted molar refractivity (Wildman–Crippen MR) is 69.9 cm³/mol. The van der Waals surface area contributed by atoms with Gasteiger partial charge in [0.05, 0.1) is 20.6 Å². The van der Waals surface area contributed by atoms with E-state index in [-0.39, 0.29) is 24.0 Å². The number of anilines is 1. The van der Waals surface area contributed by atoms with Crippen LogP contribution in [0.1, 0.15) is 11.3 Å². The molecule has 0 N–H and O–H groups in total. The van der Waals surface area contributed by atoms with E-state index < -0.39 is 0 Å². The molecule has 5 nitrogen and oxygen atoms in total. The Morgan fingerprint density at radius 1 is 1.26 bits per heavy atom. The Morgan fingerprint density at radius 2 is 2.00 bits per heavy atom. The average molecular weight is 369 g/mol. The average Bonchev–Trinajstić information content (AvgIpc) is 2.73. The van der Waals surface area contributed by atoms with E-state index in [2.05, 4.69) is 38.3 Å². The Labute approximate surface area is 129 Å². The molecule has 0 atom stereocenters. The maximum atomic E-state index is 4.26. The van der Waals surface area contributed by atoms with E-state index in [0.29, 0.717) is 0 Å². The molecule has 0 spiro atoms. The predicted octanol–water partition coefficient (Wildman–Crippen LogP) is -2.05. The molecule has 0 bridgehead atoms. The minimum absolute atomic E-state index is 0. The van der Waals surface area contributed by atoms with Crippen molar-refractivity contribution < 1.29 is 28.6 Å². The fourth-order valence-corrected chi connectivity index (χ4v) is 2.32. The highest BCUT2D eigenvalue weighted by molar-refractivity contribution is 5.75. The van der Waals surface area contributed by atoms with E-state index in [1.807, 2.05) is 37.0 Å². The van der Waals surface area contributed by atoms with Crippen molar-refractivity contribution in [3.63, 3.8) is 0 Å². The number of hydrogen-bond acceptors (Lipinski definition) is 3. The van der Waals surface area contributed by atoms with Crippen LogP contribution in [0.4, 0.5) is 5.82 Å². The van der Waals surface area contributed by atoms with Crippen LogP contribution in [-0.4, -0.2) is 40.0 Å². The number of nitrogens with zero attached hydrogens (tertiary/aromatic N) is 5. The van der Waals surface area contributed by atoms with Crippen LogP contribution in [0.25, 0.3) is 0 Å². The summed E-state index contributed by atoms with van der Waals surface area (Å²) in [5.74, 6) is 1.08. The van der Waals surface area contributed by atoms with Crippen LogP contribution >= 0.6 is 0 Å². The standard InChI is InChI=1S/C13H16N5.HI/c1-16-9-12-13(17(2)10-16)18(15-14-12)8-11-6-4-3-5-7-11;/h3-7,10H,8-9H2,1-2H3;1H/q+1;/p-1. The van der Waals surface area contributed by atoms with Gasteiger partial charge in [0.25, 0.3) is 0 Å². The molecule has 2 aromatic rings. The maximum absolute atomic E-state index is 4.26. The molecule has 0 aliphatic carbocycles. The quantitative estimate of drug-likeness (QED) is 0.452. The summed E-state index contributed by atoms with van der Waals surface area (Å²) in [4.78, 5) is 2.07. The topological polar surface area (TPSA) is 37.0 Å². The molecular formula is C13H16IN5. The summed E-state index contributed by atoms with van der Waals surface area (Å²) in [7, 11) is 4.06. The van der Waals surface area contributed by atoms with Gasteiger partial charge in [-0.05, 0) is 5.56 Å². The van der Waals surface area contributed by atoms with Crippen molar-refractivity contribution in [2.24, 2.45) is 0 Å². The van der Waals surface area contributed by atoms with Gasteiger partial charge in [-0.25, -0.2) is 9.58 Å². The van der Waals surface area contributed by atoms with Crippen molar-refractivity contribution in [2.45, 2.75) is 13.1 Å². The summed E-state index contributed by atoms with van der Waals surface area (Å²) < 4.78 is 4.05. The first-order chi connectivity index (χ1) is 8.74. The minimum Gasteiger partial charge on any atom is -1.00 e. The van der Waals surface area contributed by atoms with Crippen molar-refractivity contribution in [3.8, 4) is 0 Å². The van der Waals surface area contributed by atoms with Crippen molar-refractivity contribution >= 4 is 12.2 Å². The van der Waals surface area contributed by atoms with E-state index in [1.165, 1.54) is 5.56 Å². The van der Waals surface area contributed by atoms with Crippen LogP contribution in [-0.2, 0) is 13.1 Å². The first-order valence-electron chi connectivity index (χ1n) is 5.98. The molecule has 100 valence electrons. The molecule has 1 aliphatic rings. The van der Waals surface area contributed by atoms with Crippen molar-refractivity contribution in [2.75, 3.05) is 19.0 Å². The Morgan fingerprint density at radius 3 is 2.74 bits per heavy atom. The van der Waals surface area contributed by atoms with E-state index in [4.69, 9.17) is 0 Å². The van der Waals surface area contributed by atoms with Gasteiger partial charge in [0.1, 0.15) is 6.54 Å². The summed E-state index contributed by atoms with van der Waals surface area (Å²) in [5, 5.41) is 8.52. The van der Waals surface area contributed by atoms with Gasteiger partial charge in [-0.2, -0.15) is 0 Å². The first kappa shape index (κ1) is 14.0. The molecular weight excluding hydrogens is 353 g/mol. The molecule has 1 aliphatic heterocycles. The van der Waals surface area contributed by atoms with Crippen molar-refractivity contribution in [1.82, 2.24) is 15.0 Å². The number of benzene rings is 1. The van der Waals surface area contributed by atoms with E-state index in [9.17, 15) is 0 Å². The number of rotatable bonds is 2. The van der Waals surface area contributed by atoms with Crippen LogP contribution in [0.5, 0.6) is 0 Å². The lowest BCUT2D eigenvalue weighted by atomic mass is 10.2.